The van der Waals surface area contributed by atoms with Gasteiger partial charge in [0.25, 0.3) is 0 Å². The van der Waals surface area contributed by atoms with E-state index in [1.165, 1.54) is 86.9 Å². The van der Waals surface area contributed by atoms with Gasteiger partial charge in [-0.1, -0.05) is 200 Å². The molecule has 0 atom stereocenters. The van der Waals surface area contributed by atoms with Gasteiger partial charge in [0.15, 0.2) is 0 Å². The van der Waals surface area contributed by atoms with Crippen LogP contribution in [0, 0.1) is 0 Å². The zero-order chi connectivity index (χ0) is 41.2. The second-order valence-corrected chi connectivity index (χ2v) is 16.7. The van der Waals surface area contributed by atoms with Gasteiger partial charge in [0.1, 0.15) is 0 Å². The van der Waals surface area contributed by atoms with E-state index in [1.807, 2.05) is 11.3 Å². The summed E-state index contributed by atoms with van der Waals surface area (Å²) in [7, 11) is 0. The van der Waals surface area contributed by atoms with Crippen molar-refractivity contribution in [3.8, 4) is 66.8 Å². The quantitative estimate of drug-likeness (QED) is 0.140. The van der Waals surface area contributed by atoms with Gasteiger partial charge in [0, 0.05) is 37.1 Å². The maximum absolute atomic E-state index is 2.44. The van der Waals surface area contributed by atoms with Crippen molar-refractivity contribution in [3.05, 3.63) is 249 Å². The lowest BCUT2D eigenvalue weighted by Crippen LogP contribution is -2.12. The van der Waals surface area contributed by atoms with Crippen LogP contribution in [-0.4, -0.2) is 0 Å². The zero-order valence-corrected chi connectivity index (χ0v) is 34.8. The fraction of sp³-hybridized carbons (Fsp3) is 0. The Balaban J connectivity index is 1.08. The number of hydrogen-bond donors (Lipinski definition) is 0. The first-order valence-corrected chi connectivity index (χ1v) is 22.0. The number of anilines is 3. The van der Waals surface area contributed by atoms with E-state index in [0.717, 1.165) is 17.1 Å². The first-order chi connectivity index (χ1) is 30.7. The maximum atomic E-state index is 2.44. The lowest BCUT2D eigenvalue weighted by atomic mass is 9.87. The predicted octanol–water partition coefficient (Wildman–Crippen LogP) is 17.5. The summed E-state index contributed by atoms with van der Waals surface area (Å²) in [5.74, 6) is 0. The van der Waals surface area contributed by atoms with Gasteiger partial charge >= 0.3 is 0 Å². The van der Waals surface area contributed by atoms with Gasteiger partial charge in [-0.25, -0.2) is 0 Å². The summed E-state index contributed by atoms with van der Waals surface area (Å²) in [6.45, 7) is 0. The van der Waals surface area contributed by atoms with Gasteiger partial charge in [-0.05, 0) is 110 Å². The summed E-state index contributed by atoms with van der Waals surface area (Å²) < 4.78 is 2.63. The minimum Gasteiger partial charge on any atom is -0.310 e. The lowest BCUT2D eigenvalue weighted by Gasteiger charge is -2.30. The van der Waals surface area contributed by atoms with E-state index < -0.39 is 0 Å². The highest BCUT2D eigenvalue weighted by molar-refractivity contribution is 7.25. The van der Waals surface area contributed by atoms with E-state index in [1.54, 1.807) is 0 Å². The molecule has 10 aromatic carbocycles. The van der Waals surface area contributed by atoms with E-state index in [0.29, 0.717) is 0 Å². The van der Waals surface area contributed by atoms with Crippen molar-refractivity contribution in [1.29, 1.82) is 0 Å². The van der Waals surface area contributed by atoms with Crippen molar-refractivity contribution in [2.24, 2.45) is 0 Å². The van der Waals surface area contributed by atoms with Crippen LogP contribution in [0.4, 0.5) is 17.1 Å². The monoisotopic (exact) mass is 807 g/mol. The van der Waals surface area contributed by atoms with Crippen LogP contribution in [0.15, 0.2) is 249 Å². The second kappa shape index (κ2) is 16.3. The van der Waals surface area contributed by atoms with Crippen LogP contribution < -0.4 is 4.90 Å². The molecule has 0 radical (unpaired) electrons. The summed E-state index contributed by atoms with van der Waals surface area (Å²) in [4.78, 5) is 2.44. The minimum atomic E-state index is 1.08. The van der Waals surface area contributed by atoms with Crippen LogP contribution in [0.25, 0.3) is 86.9 Å². The van der Waals surface area contributed by atoms with Gasteiger partial charge in [0.05, 0.1) is 5.69 Å². The number of fused-ring (bicyclic) bond motifs is 3. The van der Waals surface area contributed by atoms with Crippen molar-refractivity contribution in [1.82, 2.24) is 0 Å². The molecule has 0 fully saturated rings. The van der Waals surface area contributed by atoms with E-state index >= 15 is 0 Å². The number of rotatable bonds is 9. The van der Waals surface area contributed by atoms with Crippen LogP contribution in [0.3, 0.4) is 0 Å². The standard InChI is InChI=1S/C60H41NS/c1-4-16-42(17-5-1)47-22-14-23-48(40-47)43-30-35-50(36-31-43)61(51-37-32-44(33-38-51)49-34-39-55-54-25-12-13-29-58(54)62-59(55)41-49)57-28-15-27-53(46-20-8-3-9-21-46)60(57)56-26-11-10-24-52(56)45-18-6-2-7-19-45/h1-41H. The predicted molar refractivity (Wildman–Crippen MR) is 267 cm³/mol. The molecule has 1 aromatic heterocycles. The molecular formula is C60H41NS. The zero-order valence-electron chi connectivity index (χ0n) is 34.0. The Bertz CT molecular complexity index is 3310. The number of hydrogen-bond acceptors (Lipinski definition) is 2. The second-order valence-electron chi connectivity index (χ2n) is 15.7. The molecule has 1 heterocycles. The summed E-state index contributed by atoms with van der Waals surface area (Å²) in [5.41, 5.74) is 17.5. The molecular weight excluding hydrogens is 767 g/mol. The maximum Gasteiger partial charge on any atom is 0.0546 e. The van der Waals surface area contributed by atoms with Gasteiger partial charge in [-0.3, -0.25) is 0 Å². The molecule has 1 nitrogen and oxygen atoms in total. The Morgan fingerprint density at radius 3 is 1.34 bits per heavy atom. The topological polar surface area (TPSA) is 3.24 Å². The van der Waals surface area contributed by atoms with Gasteiger partial charge in [-0.2, -0.15) is 0 Å². The minimum absolute atomic E-state index is 1.08. The third-order valence-electron chi connectivity index (χ3n) is 11.9. The smallest absolute Gasteiger partial charge is 0.0546 e. The number of benzene rings is 10. The molecule has 0 N–H and O–H groups in total. The van der Waals surface area contributed by atoms with Crippen molar-refractivity contribution >= 4 is 48.6 Å². The molecule has 292 valence electrons. The molecule has 0 unspecified atom stereocenters. The number of nitrogens with zero attached hydrogens (tertiary/aromatic N) is 1. The normalized spacial score (nSPS) is 11.2. The average molecular weight is 808 g/mol. The molecule has 0 saturated heterocycles. The molecule has 0 bridgehead atoms. The number of thiophene rings is 1. The first kappa shape index (κ1) is 37.2. The first-order valence-electron chi connectivity index (χ1n) is 21.2. The lowest BCUT2D eigenvalue weighted by molar-refractivity contribution is 1.28. The highest BCUT2D eigenvalue weighted by Gasteiger charge is 2.23. The molecule has 2 heteroatoms. The van der Waals surface area contributed by atoms with E-state index in [2.05, 4.69) is 254 Å². The third kappa shape index (κ3) is 7.07. The molecule has 62 heavy (non-hydrogen) atoms. The molecule has 11 rings (SSSR count). The van der Waals surface area contributed by atoms with Crippen LogP contribution in [0.5, 0.6) is 0 Å². The summed E-state index contributed by atoms with van der Waals surface area (Å²) >= 11 is 1.86. The molecule has 0 amide bonds. The van der Waals surface area contributed by atoms with E-state index in [4.69, 9.17) is 0 Å². The molecule has 11 aromatic rings. The summed E-state index contributed by atoms with van der Waals surface area (Å²) in [6.07, 6.45) is 0. The molecule has 0 aliphatic heterocycles. The Kier molecular flexibility index (Phi) is 9.82. The van der Waals surface area contributed by atoms with Crippen LogP contribution in [0.2, 0.25) is 0 Å². The van der Waals surface area contributed by atoms with Crippen molar-refractivity contribution in [3.63, 3.8) is 0 Å². The third-order valence-corrected chi connectivity index (χ3v) is 13.0. The Morgan fingerprint density at radius 2 is 0.694 bits per heavy atom. The van der Waals surface area contributed by atoms with Crippen molar-refractivity contribution < 1.29 is 0 Å². The van der Waals surface area contributed by atoms with Crippen molar-refractivity contribution in [2.45, 2.75) is 0 Å². The van der Waals surface area contributed by atoms with Gasteiger partial charge in [-0.15, -0.1) is 11.3 Å². The summed E-state index contributed by atoms with van der Waals surface area (Å²) in [5, 5.41) is 2.64. The Labute approximate surface area is 367 Å². The van der Waals surface area contributed by atoms with E-state index in [9.17, 15) is 0 Å². The molecule has 0 aliphatic rings. The fourth-order valence-corrected chi connectivity index (χ4v) is 10.0. The Morgan fingerprint density at radius 1 is 0.258 bits per heavy atom. The van der Waals surface area contributed by atoms with Gasteiger partial charge in [0.2, 0.25) is 0 Å². The van der Waals surface area contributed by atoms with Crippen LogP contribution in [0.1, 0.15) is 0 Å². The molecule has 0 aliphatic carbocycles. The highest BCUT2D eigenvalue weighted by atomic mass is 32.1. The Hall–Kier alpha value is -7.78. The van der Waals surface area contributed by atoms with Crippen LogP contribution >= 0.6 is 11.3 Å². The van der Waals surface area contributed by atoms with Crippen molar-refractivity contribution in [2.75, 3.05) is 4.90 Å². The van der Waals surface area contributed by atoms with Gasteiger partial charge < -0.3 is 4.90 Å². The highest BCUT2D eigenvalue weighted by Crippen LogP contribution is 2.48. The molecule has 0 saturated carbocycles. The summed E-state index contributed by atoms with van der Waals surface area (Å²) in [6, 6.07) is 90.4. The molecule has 0 spiro atoms. The van der Waals surface area contributed by atoms with Crippen LogP contribution in [-0.2, 0) is 0 Å². The fourth-order valence-electron chi connectivity index (χ4n) is 8.89. The largest absolute Gasteiger partial charge is 0.310 e. The SMILES string of the molecule is c1ccc(-c2cccc(-c3ccc(N(c4ccc(-c5ccc6c(c5)sc5ccccc56)cc4)c4cccc(-c5ccccc5)c4-c4ccccc4-c4ccccc4)cc3)c2)cc1. The average Bonchev–Trinajstić information content (AvgIpc) is 3.73. The van der Waals surface area contributed by atoms with E-state index in [-0.39, 0.29) is 0 Å².